The van der Waals surface area contributed by atoms with Crippen molar-refractivity contribution in [3.63, 3.8) is 0 Å². The van der Waals surface area contributed by atoms with Gasteiger partial charge in [-0.15, -0.1) is 0 Å². The Bertz CT molecular complexity index is 635. The molecule has 110 valence electrons. The second-order valence-corrected chi connectivity index (χ2v) is 5.53. The molecule has 2 aromatic rings. The van der Waals surface area contributed by atoms with Gasteiger partial charge in [0.1, 0.15) is 5.82 Å². The summed E-state index contributed by atoms with van der Waals surface area (Å²) in [5.74, 6) is 0.975. The summed E-state index contributed by atoms with van der Waals surface area (Å²) in [5, 5.41) is 15.0. The normalized spacial score (nSPS) is 13.6. The summed E-state index contributed by atoms with van der Waals surface area (Å²) < 4.78 is 1.87. The van der Waals surface area contributed by atoms with Crippen LogP contribution in [0.2, 0.25) is 0 Å². The molecule has 1 aromatic carbocycles. The van der Waals surface area contributed by atoms with E-state index in [0.717, 1.165) is 31.0 Å². The molecule has 0 radical (unpaired) electrons. The minimum Gasteiger partial charge on any atom is -0.358 e. The Morgan fingerprint density at radius 1 is 1.38 bits per heavy atom. The van der Waals surface area contributed by atoms with Crippen LogP contribution in [0.1, 0.15) is 16.8 Å². The minimum absolute atomic E-state index is 0.621. The van der Waals surface area contributed by atoms with Crippen LogP contribution >= 0.6 is 12.2 Å². The molecule has 0 amide bonds. The van der Waals surface area contributed by atoms with Crippen LogP contribution < -0.4 is 16.0 Å². The van der Waals surface area contributed by atoms with E-state index in [1.807, 2.05) is 29.9 Å². The van der Waals surface area contributed by atoms with Gasteiger partial charge in [0.05, 0.1) is 5.69 Å². The van der Waals surface area contributed by atoms with Crippen LogP contribution in [0.5, 0.6) is 0 Å². The Balaban J connectivity index is 1.64. The first-order valence-electron chi connectivity index (χ1n) is 7.08. The predicted molar refractivity (Wildman–Crippen MR) is 88.1 cm³/mol. The number of aromatic nitrogens is 2. The molecule has 0 unspecified atom stereocenters. The van der Waals surface area contributed by atoms with Crippen LogP contribution in [0.15, 0.2) is 30.3 Å². The minimum atomic E-state index is 0.621. The highest BCUT2D eigenvalue weighted by Gasteiger charge is 2.19. The fraction of sp³-hybridized carbons (Fsp3) is 0.333. The first-order valence-corrected chi connectivity index (χ1v) is 7.49. The topological polar surface area (TPSA) is 53.9 Å². The highest BCUT2D eigenvalue weighted by molar-refractivity contribution is 7.80. The summed E-state index contributed by atoms with van der Waals surface area (Å²) in [6.45, 7) is 2.54. The van der Waals surface area contributed by atoms with E-state index in [2.05, 4.69) is 33.2 Å². The SMILES string of the molecule is Cn1nc2c(c1NC(=S)NCc1ccccc1)CNCC2. The van der Waals surface area contributed by atoms with Crippen LogP contribution in [0.3, 0.4) is 0 Å². The molecule has 1 aliphatic heterocycles. The largest absolute Gasteiger partial charge is 0.358 e. The summed E-state index contributed by atoms with van der Waals surface area (Å²) in [5.41, 5.74) is 3.58. The Kier molecular flexibility index (Phi) is 4.17. The van der Waals surface area contributed by atoms with Crippen molar-refractivity contribution in [2.24, 2.45) is 7.05 Å². The molecular weight excluding hydrogens is 282 g/mol. The van der Waals surface area contributed by atoms with Crippen molar-refractivity contribution < 1.29 is 0 Å². The molecule has 2 heterocycles. The third-order valence-corrected chi connectivity index (χ3v) is 3.84. The molecule has 1 aliphatic rings. The van der Waals surface area contributed by atoms with E-state index in [4.69, 9.17) is 12.2 Å². The van der Waals surface area contributed by atoms with Gasteiger partial charge in [-0.25, -0.2) is 0 Å². The Labute approximate surface area is 129 Å². The zero-order valence-corrected chi connectivity index (χ0v) is 12.8. The van der Waals surface area contributed by atoms with Crippen molar-refractivity contribution in [1.82, 2.24) is 20.4 Å². The summed E-state index contributed by atoms with van der Waals surface area (Å²) in [7, 11) is 1.94. The van der Waals surface area contributed by atoms with Crippen LogP contribution in [0.25, 0.3) is 0 Å². The number of aryl methyl sites for hydroxylation is 1. The summed E-state index contributed by atoms with van der Waals surface area (Å²) in [4.78, 5) is 0. The quantitative estimate of drug-likeness (QED) is 0.751. The summed E-state index contributed by atoms with van der Waals surface area (Å²) in [6, 6.07) is 10.2. The lowest BCUT2D eigenvalue weighted by molar-refractivity contribution is 0.633. The number of rotatable bonds is 3. The predicted octanol–water partition coefficient (Wildman–Crippen LogP) is 1.55. The summed E-state index contributed by atoms with van der Waals surface area (Å²) >= 11 is 5.38. The number of fused-ring (bicyclic) bond motifs is 1. The third-order valence-electron chi connectivity index (χ3n) is 3.60. The maximum atomic E-state index is 5.38. The molecule has 3 N–H and O–H groups in total. The highest BCUT2D eigenvalue weighted by atomic mass is 32.1. The molecule has 6 heteroatoms. The van der Waals surface area contributed by atoms with E-state index in [9.17, 15) is 0 Å². The van der Waals surface area contributed by atoms with Gasteiger partial charge >= 0.3 is 0 Å². The maximum Gasteiger partial charge on any atom is 0.172 e. The van der Waals surface area contributed by atoms with Crippen molar-refractivity contribution >= 4 is 23.1 Å². The van der Waals surface area contributed by atoms with E-state index < -0.39 is 0 Å². The lowest BCUT2D eigenvalue weighted by Gasteiger charge is -2.15. The molecular formula is C15H19N5S. The molecule has 0 aliphatic carbocycles. The van der Waals surface area contributed by atoms with E-state index >= 15 is 0 Å². The van der Waals surface area contributed by atoms with Crippen LogP contribution in [0, 0.1) is 0 Å². The average Bonchev–Trinajstić information content (AvgIpc) is 2.82. The third kappa shape index (κ3) is 3.22. The van der Waals surface area contributed by atoms with Gasteiger partial charge in [-0.1, -0.05) is 30.3 Å². The number of benzene rings is 1. The number of nitrogens with zero attached hydrogens (tertiary/aromatic N) is 2. The lowest BCUT2D eigenvalue weighted by Crippen LogP contribution is -2.30. The number of nitrogens with one attached hydrogen (secondary N) is 3. The summed E-state index contributed by atoms with van der Waals surface area (Å²) in [6.07, 6.45) is 0.967. The zero-order valence-electron chi connectivity index (χ0n) is 12.0. The molecule has 0 fully saturated rings. The van der Waals surface area contributed by atoms with Gasteiger partial charge in [0, 0.05) is 38.7 Å². The molecule has 0 bridgehead atoms. The van der Waals surface area contributed by atoms with Crippen LogP contribution in [-0.2, 0) is 26.6 Å². The average molecular weight is 301 g/mol. The molecule has 0 saturated heterocycles. The van der Waals surface area contributed by atoms with E-state index in [1.165, 1.54) is 11.1 Å². The van der Waals surface area contributed by atoms with E-state index in [0.29, 0.717) is 11.7 Å². The molecule has 21 heavy (non-hydrogen) atoms. The first kappa shape index (κ1) is 14.0. The maximum absolute atomic E-state index is 5.38. The fourth-order valence-corrected chi connectivity index (χ4v) is 2.69. The highest BCUT2D eigenvalue weighted by Crippen LogP contribution is 2.21. The monoisotopic (exact) mass is 301 g/mol. The first-order chi connectivity index (χ1) is 10.2. The second-order valence-electron chi connectivity index (χ2n) is 5.12. The smallest absolute Gasteiger partial charge is 0.172 e. The van der Waals surface area contributed by atoms with Crippen molar-refractivity contribution in [3.8, 4) is 0 Å². The van der Waals surface area contributed by atoms with Crippen LogP contribution in [-0.4, -0.2) is 21.4 Å². The lowest BCUT2D eigenvalue weighted by atomic mass is 10.1. The molecule has 0 saturated carbocycles. The Morgan fingerprint density at radius 2 is 2.19 bits per heavy atom. The molecule has 5 nitrogen and oxygen atoms in total. The van der Waals surface area contributed by atoms with Crippen molar-refractivity contribution in [3.05, 3.63) is 47.2 Å². The van der Waals surface area contributed by atoms with Crippen molar-refractivity contribution in [2.45, 2.75) is 19.5 Å². The Morgan fingerprint density at radius 3 is 3.00 bits per heavy atom. The van der Waals surface area contributed by atoms with Crippen LogP contribution in [0.4, 0.5) is 5.82 Å². The molecule has 1 aromatic heterocycles. The fourth-order valence-electron chi connectivity index (χ4n) is 2.52. The molecule has 3 rings (SSSR count). The molecule has 0 atom stereocenters. The van der Waals surface area contributed by atoms with Crippen molar-refractivity contribution in [1.29, 1.82) is 0 Å². The van der Waals surface area contributed by atoms with Gasteiger partial charge in [-0.05, 0) is 17.8 Å². The Hall–Kier alpha value is -1.92. The van der Waals surface area contributed by atoms with Gasteiger partial charge in [-0.3, -0.25) is 4.68 Å². The number of thiocarbonyl (C=S) groups is 1. The molecule has 0 spiro atoms. The number of anilines is 1. The standard InChI is InChI=1S/C15H19N5S/c1-20-14(12-10-16-8-7-13(12)19-20)18-15(21)17-9-11-5-3-2-4-6-11/h2-6,16H,7-10H2,1H3,(H2,17,18,21). The second kappa shape index (κ2) is 6.24. The van der Waals surface area contributed by atoms with Crippen molar-refractivity contribution in [2.75, 3.05) is 11.9 Å². The number of hydrogen-bond donors (Lipinski definition) is 3. The van der Waals surface area contributed by atoms with Gasteiger partial charge in [-0.2, -0.15) is 5.10 Å². The van der Waals surface area contributed by atoms with Gasteiger partial charge in [0.15, 0.2) is 5.11 Å². The van der Waals surface area contributed by atoms with E-state index in [-0.39, 0.29) is 0 Å². The van der Waals surface area contributed by atoms with Gasteiger partial charge in [0.25, 0.3) is 0 Å². The van der Waals surface area contributed by atoms with Gasteiger partial charge < -0.3 is 16.0 Å². The zero-order chi connectivity index (χ0) is 14.7. The number of hydrogen-bond acceptors (Lipinski definition) is 3. The van der Waals surface area contributed by atoms with Gasteiger partial charge in [0.2, 0.25) is 0 Å². The van der Waals surface area contributed by atoms with E-state index in [1.54, 1.807) is 0 Å².